The third kappa shape index (κ3) is 4.81. The molecule has 40 heavy (non-hydrogen) atoms. The molecule has 3 aromatic rings. The molecule has 0 saturated carbocycles. The van der Waals surface area contributed by atoms with Gasteiger partial charge in [0.2, 0.25) is 0 Å². The van der Waals surface area contributed by atoms with Crippen molar-refractivity contribution in [1.29, 1.82) is 0 Å². The number of hydrogen-bond donors (Lipinski definition) is 2. The van der Waals surface area contributed by atoms with Gasteiger partial charge in [0.05, 0.1) is 35.6 Å². The monoisotopic (exact) mass is 549 g/mol. The van der Waals surface area contributed by atoms with Gasteiger partial charge < -0.3 is 29.2 Å². The second-order valence-electron chi connectivity index (χ2n) is 11.2. The van der Waals surface area contributed by atoms with Crippen molar-refractivity contribution in [1.82, 2.24) is 14.9 Å². The fourth-order valence-corrected chi connectivity index (χ4v) is 5.40. The largest absolute Gasteiger partial charge is 0.494 e. The number of carbonyl (C=O) groups is 2. The summed E-state index contributed by atoms with van der Waals surface area (Å²) in [6.07, 6.45) is 0.970. The minimum absolute atomic E-state index is 0.0970. The number of hydrogen-bond acceptors (Lipinski definition) is 8. The van der Waals surface area contributed by atoms with Crippen LogP contribution in [0, 0.1) is 0 Å². The van der Waals surface area contributed by atoms with Crippen molar-refractivity contribution in [2.24, 2.45) is 0 Å². The number of aliphatic hydroxyl groups is 1. The van der Waals surface area contributed by atoms with Crippen LogP contribution in [0.4, 0.5) is 4.79 Å². The number of carbonyl (C=O) groups excluding carboxylic acids is 2. The van der Waals surface area contributed by atoms with Crippen LogP contribution < -0.4 is 15.6 Å². The molecule has 4 heterocycles. The molecule has 0 spiro atoms. The van der Waals surface area contributed by atoms with Crippen molar-refractivity contribution in [2.45, 2.75) is 78.2 Å². The summed E-state index contributed by atoms with van der Waals surface area (Å²) in [5.74, 6) is -0.0491. The van der Waals surface area contributed by atoms with Crippen molar-refractivity contribution < 1.29 is 28.9 Å². The Morgan fingerprint density at radius 3 is 2.67 bits per heavy atom. The molecular weight excluding hydrogens is 514 g/mol. The number of esters is 1. The van der Waals surface area contributed by atoms with E-state index in [2.05, 4.69) is 12.2 Å². The highest BCUT2D eigenvalue weighted by atomic mass is 16.6. The number of ether oxygens (including phenoxy) is 3. The van der Waals surface area contributed by atoms with E-state index in [9.17, 15) is 19.5 Å². The normalized spacial score (nSPS) is 17.6. The van der Waals surface area contributed by atoms with E-state index in [0.29, 0.717) is 60.8 Å². The Morgan fingerprint density at radius 1 is 1.20 bits per heavy atom. The van der Waals surface area contributed by atoms with E-state index in [1.54, 1.807) is 17.6 Å². The third-order valence-corrected chi connectivity index (χ3v) is 7.39. The van der Waals surface area contributed by atoms with Crippen molar-refractivity contribution >= 4 is 23.0 Å². The van der Waals surface area contributed by atoms with Crippen LogP contribution in [-0.4, -0.2) is 45.5 Å². The van der Waals surface area contributed by atoms with Crippen LogP contribution in [0.3, 0.4) is 0 Å². The molecule has 1 atom stereocenters. The average Bonchev–Trinajstić information content (AvgIpc) is 3.27. The fraction of sp³-hybridized carbons (Fsp3) is 0.467. The highest BCUT2D eigenvalue weighted by Gasteiger charge is 2.45. The van der Waals surface area contributed by atoms with Gasteiger partial charge >= 0.3 is 12.1 Å². The average molecular weight is 550 g/mol. The van der Waals surface area contributed by atoms with E-state index in [-0.39, 0.29) is 18.6 Å². The molecule has 0 saturated heterocycles. The zero-order chi connectivity index (χ0) is 28.8. The van der Waals surface area contributed by atoms with Crippen LogP contribution in [0.5, 0.6) is 5.75 Å². The molecule has 1 aromatic carbocycles. The maximum absolute atomic E-state index is 13.5. The number of alkyl carbamates (subject to hydrolysis) is 1. The number of aromatic nitrogens is 2. The van der Waals surface area contributed by atoms with E-state index in [1.165, 1.54) is 0 Å². The first-order valence-corrected chi connectivity index (χ1v) is 13.7. The number of fused-ring (bicyclic) bond motifs is 5. The molecule has 212 valence electrons. The van der Waals surface area contributed by atoms with Crippen LogP contribution in [-0.2, 0) is 39.4 Å². The predicted octanol–water partition coefficient (Wildman–Crippen LogP) is 3.94. The molecule has 0 aliphatic carbocycles. The van der Waals surface area contributed by atoms with Gasteiger partial charge in [0, 0.05) is 23.1 Å². The molecule has 0 bridgehead atoms. The number of nitrogens with zero attached hydrogens (tertiary/aromatic N) is 2. The van der Waals surface area contributed by atoms with Gasteiger partial charge in [-0.05, 0) is 69.9 Å². The zero-order valence-electron chi connectivity index (χ0n) is 23.6. The van der Waals surface area contributed by atoms with Gasteiger partial charge in [-0.15, -0.1) is 0 Å². The van der Waals surface area contributed by atoms with E-state index < -0.39 is 23.3 Å². The summed E-state index contributed by atoms with van der Waals surface area (Å²) < 4.78 is 18.0. The third-order valence-electron chi connectivity index (χ3n) is 7.39. The van der Waals surface area contributed by atoms with Crippen molar-refractivity contribution in [3.05, 3.63) is 56.9 Å². The Bertz CT molecular complexity index is 1570. The quantitative estimate of drug-likeness (QED) is 0.262. The van der Waals surface area contributed by atoms with Crippen LogP contribution in [0.2, 0.25) is 0 Å². The first-order valence-electron chi connectivity index (χ1n) is 13.7. The van der Waals surface area contributed by atoms with Crippen LogP contribution >= 0.6 is 0 Å². The van der Waals surface area contributed by atoms with E-state index in [4.69, 9.17) is 19.2 Å². The molecule has 0 radical (unpaired) electrons. The summed E-state index contributed by atoms with van der Waals surface area (Å²) in [7, 11) is 0. The van der Waals surface area contributed by atoms with Gasteiger partial charge in [0.25, 0.3) is 5.56 Å². The highest BCUT2D eigenvalue weighted by molar-refractivity contribution is 5.90. The summed E-state index contributed by atoms with van der Waals surface area (Å²) in [4.78, 5) is 42.6. The molecule has 1 amide bonds. The lowest BCUT2D eigenvalue weighted by atomic mass is 9.86. The molecule has 0 unspecified atom stereocenters. The topological polar surface area (TPSA) is 129 Å². The Hall–Kier alpha value is -3.92. The van der Waals surface area contributed by atoms with Gasteiger partial charge in [-0.1, -0.05) is 13.8 Å². The summed E-state index contributed by atoms with van der Waals surface area (Å²) >= 11 is 0. The Kier molecular flexibility index (Phi) is 7.08. The summed E-state index contributed by atoms with van der Waals surface area (Å²) in [6, 6.07) is 7.43. The molecule has 2 aliphatic rings. The number of benzene rings is 1. The van der Waals surface area contributed by atoms with Gasteiger partial charge in [-0.2, -0.15) is 0 Å². The molecule has 2 aliphatic heterocycles. The maximum atomic E-state index is 13.5. The lowest BCUT2D eigenvalue weighted by Gasteiger charge is -2.31. The van der Waals surface area contributed by atoms with Crippen molar-refractivity contribution in [3.8, 4) is 17.1 Å². The highest BCUT2D eigenvalue weighted by Crippen LogP contribution is 2.40. The van der Waals surface area contributed by atoms with Crippen LogP contribution in [0.1, 0.15) is 69.7 Å². The molecular formula is C30H35N3O7. The van der Waals surface area contributed by atoms with Crippen LogP contribution in [0.25, 0.3) is 22.3 Å². The smallest absolute Gasteiger partial charge is 0.407 e. The number of rotatable bonds is 7. The molecule has 10 nitrogen and oxygen atoms in total. The predicted molar refractivity (Wildman–Crippen MR) is 148 cm³/mol. The second-order valence-corrected chi connectivity index (χ2v) is 11.2. The Morgan fingerprint density at radius 2 is 1.98 bits per heavy atom. The fourth-order valence-electron chi connectivity index (χ4n) is 5.40. The SMILES string of the molecule is CCc1c2c(nc3ccc(OCCCNC(=O)OC(C)(C)C)cc13)-c1cc3c(c(=O)n1C2)COC(=O)[C@]3(O)CC. The van der Waals surface area contributed by atoms with Gasteiger partial charge in [0.15, 0.2) is 5.60 Å². The van der Waals surface area contributed by atoms with Gasteiger partial charge in [-0.25, -0.2) is 14.6 Å². The first-order chi connectivity index (χ1) is 19.0. The first kappa shape index (κ1) is 27.6. The van der Waals surface area contributed by atoms with E-state index in [0.717, 1.165) is 22.0 Å². The molecule has 10 heteroatoms. The summed E-state index contributed by atoms with van der Waals surface area (Å²) in [5, 5.41) is 14.8. The molecule has 0 fully saturated rings. The minimum atomic E-state index is -1.86. The maximum Gasteiger partial charge on any atom is 0.407 e. The Balaban J connectivity index is 1.41. The number of aryl methyl sites for hydroxylation is 1. The van der Waals surface area contributed by atoms with Gasteiger partial charge in [0.1, 0.15) is 18.0 Å². The van der Waals surface area contributed by atoms with Crippen molar-refractivity contribution in [2.75, 3.05) is 13.2 Å². The van der Waals surface area contributed by atoms with E-state index in [1.807, 2.05) is 39.0 Å². The van der Waals surface area contributed by atoms with Gasteiger partial charge in [-0.3, -0.25) is 4.79 Å². The number of nitrogens with one attached hydrogen (secondary N) is 1. The second kappa shape index (κ2) is 10.2. The Labute approximate surface area is 232 Å². The standard InChI is InChI=1S/C30H35N3O7/c1-6-18-19-13-17(38-12-8-11-31-28(36)40-29(3,4)5)9-10-23(19)32-25-20(18)15-33-24(25)14-22-21(26(33)34)16-39-27(35)30(22,37)7-2/h9-10,13-14,37H,6-8,11-12,15-16H2,1-5H3,(H,31,36)/t30-/m0/s1. The number of amides is 1. The lowest BCUT2D eigenvalue weighted by molar-refractivity contribution is -0.172. The zero-order valence-corrected chi connectivity index (χ0v) is 23.6. The molecule has 2 N–H and O–H groups in total. The molecule has 2 aromatic heterocycles. The summed E-state index contributed by atoms with van der Waals surface area (Å²) in [6.45, 7) is 10.2. The molecule has 5 rings (SSSR count). The lowest BCUT2D eigenvalue weighted by Crippen LogP contribution is -2.44. The minimum Gasteiger partial charge on any atom is -0.494 e. The van der Waals surface area contributed by atoms with E-state index >= 15 is 0 Å². The van der Waals surface area contributed by atoms with Crippen molar-refractivity contribution in [3.63, 3.8) is 0 Å². The summed E-state index contributed by atoms with van der Waals surface area (Å²) in [5.41, 5.74) is 1.98. The van der Waals surface area contributed by atoms with Crippen LogP contribution in [0.15, 0.2) is 29.1 Å². The number of pyridine rings is 2. The number of cyclic esters (lactones) is 1.